The minimum atomic E-state index is -1.81. The maximum absolute atomic E-state index is 13.9. The van der Waals surface area contributed by atoms with Crippen molar-refractivity contribution in [1.29, 1.82) is 0 Å². The van der Waals surface area contributed by atoms with Gasteiger partial charge in [-0.1, -0.05) is 0 Å². The van der Waals surface area contributed by atoms with Gasteiger partial charge in [-0.2, -0.15) is 8.78 Å². The third-order valence-electron chi connectivity index (χ3n) is 5.46. The van der Waals surface area contributed by atoms with Crippen molar-refractivity contribution in [2.24, 2.45) is 5.92 Å². The molecule has 1 aromatic carbocycles. The molecule has 1 aromatic rings. The summed E-state index contributed by atoms with van der Waals surface area (Å²) in [5.74, 6) is -10.5. The number of aliphatic hydroxyl groups is 1. The number of nitrogens with zero attached hydrogens (tertiary/aromatic N) is 1. The molecule has 0 bridgehead atoms. The number of benzene rings is 1. The first-order chi connectivity index (χ1) is 17.6. The van der Waals surface area contributed by atoms with Crippen molar-refractivity contribution < 1.29 is 51.3 Å². The van der Waals surface area contributed by atoms with E-state index in [0.29, 0.717) is 19.4 Å². The molecule has 13 heteroatoms. The number of nitrogens with one attached hydrogen (secondary N) is 1. The van der Waals surface area contributed by atoms with E-state index in [4.69, 9.17) is 14.2 Å². The third kappa shape index (κ3) is 9.03. The lowest BCUT2D eigenvalue weighted by Gasteiger charge is -2.33. The molecule has 1 aliphatic rings. The molecule has 214 valence electrons. The van der Waals surface area contributed by atoms with Gasteiger partial charge < -0.3 is 29.5 Å². The van der Waals surface area contributed by atoms with Gasteiger partial charge in [0.2, 0.25) is 17.5 Å². The maximum atomic E-state index is 13.9. The van der Waals surface area contributed by atoms with Gasteiger partial charge in [0.25, 0.3) is 0 Å². The van der Waals surface area contributed by atoms with E-state index >= 15 is 0 Å². The number of amides is 2. The van der Waals surface area contributed by atoms with Crippen LogP contribution in [0.3, 0.4) is 0 Å². The Kier molecular flexibility index (Phi) is 10.7. The van der Waals surface area contributed by atoms with Crippen molar-refractivity contribution in [2.45, 2.75) is 77.7 Å². The van der Waals surface area contributed by atoms with E-state index in [-0.39, 0.29) is 18.7 Å². The number of piperidine rings is 1. The number of aliphatic hydroxyl groups excluding tert-OH is 1. The molecule has 0 aromatic heterocycles. The van der Waals surface area contributed by atoms with Gasteiger partial charge in [-0.25, -0.2) is 13.6 Å². The Labute approximate surface area is 218 Å². The summed E-state index contributed by atoms with van der Waals surface area (Å²) < 4.78 is 70.1. The summed E-state index contributed by atoms with van der Waals surface area (Å²) in [7, 11) is 0. The number of ether oxygens (including phenoxy) is 3. The van der Waals surface area contributed by atoms with Crippen LogP contribution in [0, 0.1) is 29.2 Å². The molecule has 1 unspecified atom stereocenters. The molecule has 1 aliphatic heterocycles. The van der Waals surface area contributed by atoms with E-state index < -0.39 is 83.7 Å². The number of hydrogen-bond donors (Lipinski definition) is 2. The monoisotopic (exact) mass is 550 g/mol. The average molecular weight is 551 g/mol. The van der Waals surface area contributed by atoms with Crippen LogP contribution in [-0.4, -0.2) is 71.5 Å². The Balaban J connectivity index is 2.16. The van der Waals surface area contributed by atoms with Gasteiger partial charge in [-0.05, 0) is 47.5 Å². The number of carbonyl (C=O) groups excluding carboxylic acids is 3. The normalized spacial score (nSPS) is 17.6. The fraction of sp³-hybridized carbons (Fsp3) is 0.640. The van der Waals surface area contributed by atoms with Crippen molar-refractivity contribution >= 4 is 18.0 Å². The first-order valence-corrected chi connectivity index (χ1v) is 12.2. The molecule has 0 saturated carbocycles. The van der Waals surface area contributed by atoms with Crippen LogP contribution in [0.25, 0.3) is 0 Å². The van der Waals surface area contributed by atoms with Crippen LogP contribution in [0.1, 0.15) is 53.9 Å². The molecule has 2 N–H and O–H groups in total. The standard InChI is InChI=1S/C25H34F4N2O7/c1-13(2)37-24(35)31-8-6-7-14(11-31)23(34)30-17(10-19(33)38-25(3,4)5)18(32)12-36-22-20(28)15(26)9-16(27)21(22)29/h9,13-14,17-18,32H,6-8,10-12H2,1-5H3,(H,30,34)/t14-,17+,18?/m1/s1. The number of halogens is 4. The predicted octanol–water partition coefficient (Wildman–Crippen LogP) is 3.46. The van der Waals surface area contributed by atoms with Gasteiger partial charge >= 0.3 is 12.1 Å². The van der Waals surface area contributed by atoms with Gasteiger partial charge in [-0.15, -0.1) is 0 Å². The summed E-state index contributed by atoms with van der Waals surface area (Å²) in [6, 6.07) is -1.36. The first-order valence-electron chi connectivity index (χ1n) is 12.2. The third-order valence-corrected chi connectivity index (χ3v) is 5.46. The highest BCUT2D eigenvalue weighted by Crippen LogP contribution is 2.27. The Morgan fingerprint density at radius 1 is 1.13 bits per heavy atom. The molecule has 0 aliphatic carbocycles. The van der Waals surface area contributed by atoms with Gasteiger partial charge in [0.1, 0.15) is 18.3 Å². The highest BCUT2D eigenvalue weighted by Gasteiger charge is 2.34. The van der Waals surface area contributed by atoms with Crippen molar-refractivity contribution in [3.63, 3.8) is 0 Å². The summed E-state index contributed by atoms with van der Waals surface area (Å²) in [6.07, 6.45) is -2.34. The fourth-order valence-corrected chi connectivity index (χ4v) is 3.74. The Hall–Kier alpha value is -3.09. The topological polar surface area (TPSA) is 114 Å². The van der Waals surface area contributed by atoms with Crippen molar-refractivity contribution in [3.8, 4) is 5.75 Å². The summed E-state index contributed by atoms with van der Waals surface area (Å²) in [5, 5.41) is 13.2. The molecule has 0 radical (unpaired) electrons. The number of esters is 1. The SMILES string of the molecule is CC(C)OC(=O)N1CCC[C@@H](C(=O)N[C@@H](CC(=O)OC(C)(C)C)C(O)COc2c(F)c(F)cc(F)c2F)C1. The lowest BCUT2D eigenvalue weighted by Crippen LogP contribution is -2.52. The smallest absolute Gasteiger partial charge is 0.410 e. The molecule has 2 amide bonds. The summed E-state index contributed by atoms with van der Waals surface area (Å²) in [5.41, 5.74) is -0.890. The zero-order valence-corrected chi connectivity index (χ0v) is 22.0. The van der Waals surface area contributed by atoms with Crippen LogP contribution in [0.2, 0.25) is 0 Å². The Morgan fingerprint density at radius 3 is 2.29 bits per heavy atom. The number of carbonyl (C=O) groups is 3. The van der Waals surface area contributed by atoms with Crippen LogP contribution < -0.4 is 10.1 Å². The second-order valence-electron chi connectivity index (χ2n) is 10.3. The molecule has 1 heterocycles. The fourth-order valence-electron chi connectivity index (χ4n) is 3.74. The summed E-state index contributed by atoms with van der Waals surface area (Å²) in [4.78, 5) is 39.1. The molecular formula is C25H34F4N2O7. The van der Waals surface area contributed by atoms with Gasteiger partial charge in [0.15, 0.2) is 17.4 Å². The average Bonchev–Trinajstić information content (AvgIpc) is 2.80. The largest absolute Gasteiger partial charge is 0.485 e. The minimum Gasteiger partial charge on any atom is -0.485 e. The van der Waals surface area contributed by atoms with Crippen LogP contribution in [0.5, 0.6) is 5.75 Å². The molecule has 3 atom stereocenters. The van der Waals surface area contributed by atoms with Gasteiger partial charge in [0, 0.05) is 19.2 Å². The van der Waals surface area contributed by atoms with Crippen LogP contribution >= 0.6 is 0 Å². The molecule has 38 heavy (non-hydrogen) atoms. The van der Waals surface area contributed by atoms with E-state index in [1.54, 1.807) is 34.6 Å². The molecule has 9 nitrogen and oxygen atoms in total. The zero-order chi connectivity index (χ0) is 28.8. The van der Waals surface area contributed by atoms with Crippen molar-refractivity contribution in [1.82, 2.24) is 10.2 Å². The van der Waals surface area contributed by atoms with E-state index in [2.05, 4.69) is 5.32 Å². The quantitative estimate of drug-likeness (QED) is 0.275. The van der Waals surface area contributed by atoms with Gasteiger partial charge in [-0.3, -0.25) is 9.59 Å². The van der Waals surface area contributed by atoms with Crippen molar-refractivity contribution in [3.05, 3.63) is 29.3 Å². The predicted molar refractivity (Wildman–Crippen MR) is 126 cm³/mol. The highest BCUT2D eigenvalue weighted by molar-refractivity contribution is 5.81. The molecule has 0 spiro atoms. The molecule has 2 rings (SSSR count). The van der Waals surface area contributed by atoms with Gasteiger partial charge in [0.05, 0.1) is 24.5 Å². The minimum absolute atomic E-state index is 0.00387. The summed E-state index contributed by atoms with van der Waals surface area (Å²) in [6.45, 7) is 7.68. The van der Waals surface area contributed by atoms with Crippen LogP contribution in [0.15, 0.2) is 6.07 Å². The van der Waals surface area contributed by atoms with Crippen LogP contribution in [0.4, 0.5) is 22.4 Å². The van der Waals surface area contributed by atoms with E-state index in [9.17, 15) is 37.1 Å². The highest BCUT2D eigenvalue weighted by atomic mass is 19.2. The summed E-state index contributed by atoms with van der Waals surface area (Å²) >= 11 is 0. The lowest BCUT2D eigenvalue weighted by molar-refractivity contribution is -0.156. The van der Waals surface area contributed by atoms with E-state index in [0.717, 1.165) is 0 Å². The lowest BCUT2D eigenvalue weighted by atomic mass is 9.96. The van der Waals surface area contributed by atoms with Crippen LogP contribution in [-0.2, 0) is 19.1 Å². The number of rotatable bonds is 9. The zero-order valence-electron chi connectivity index (χ0n) is 22.0. The van der Waals surface area contributed by atoms with E-state index in [1.165, 1.54) is 4.90 Å². The molecule has 1 fully saturated rings. The molecular weight excluding hydrogens is 516 g/mol. The van der Waals surface area contributed by atoms with E-state index in [1.807, 2.05) is 0 Å². The second-order valence-corrected chi connectivity index (χ2v) is 10.3. The number of hydrogen-bond acceptors (Lipinski definition) is 7. The Morgan fingerprint density at radius 2 is 1.74 bits per heavy atom. The first kappa shape index (κ1) is 31.1. The Bertz CT molecular complexity index is 990. The second kappa shape index (κ2) is 13.1. The molecule has 1 saturated heterocycles. The maximum Gasteiger partial charge on any atom is 0.410 e. The van der Waals surface area contributed by atoms with Crippen molar-refractivity contribution in [2.75, 3.05) is 19.7 Å². The number of likely N-dealkylation sites (tertiary alicyclic amines) is 1.